The molecule has 0 bridgehead atoms. The summed E-state index contributed by atoms with van der Waals surface area (Å²) in [7, 11) is 0. The molecule has 48 heavy (non-hydrogen) atoms. The lowest BCUT2D eigenvalue weighted by Gasteiger charge is -2.32. The van der Waals surface area contributed by atoms with Crippen molar-refractivity contribution >= 4 is 142 Å². The molecule has 0 amide bonds. The van der Waals surface area contributed by atoms with Crippen LogP contribution in [0.3, 0.4) is 0 Å². The lowest BCUT2D eigenvalue weighted by molar-refractivity contribution is 1.52. The Morgan fingerprint density at radius 3 is 1.15 bits per heavy atom. The molecule has 0 aliphatic carbocycles. The van der Waals surface area contributed by atoms with Crippen LogP contribution in [0.1, 0.15) is 11.1 Å². The summed E-state index contributed by atoms with van der Waals surface area (Å²) in [5.41, 5.74) is 22.2. The molecule has 0 saturated carbocycles. The van der Waals surface area contributed by atoms with Gasteiger partial charge in [-0.25, -0.2) is 0 Å². The third-order valence-electron chi connectivity index (χ3n) is 11.9. The van der Waals surface area contributed by atoms with Crippen molar-refractivity contribution in [2.24, 2.45) is 0 Å². The van der Waals surface area contributed by atoms with Gasteiger partial charge < -0.3 is 0 Å². The molecule has 8 aromatic carbocycles. The number of fused-ring (bicyclic) bond motifs is 10. The summed E-state index contributed by atoms with van der Waals surface area (Å²) in [5.74, 6) is 0. The van der Waals surface area contributed by atoms with Crippen LogP contribution < -0.4 is 32.8 Å². The SMILES string of the molecule is Cc1cc2c3c(cc4c(C)cc5c6c(cc1c3c46)B1c3ccc(Br)cc3-c3cc(Br)cc-5c31)B1c3ccc(Br)cc3-c3cc(Br)cc-2c31. The first-order chi connectivity index (χ1) is 23.3. The van der Waals surface area contributed by atoms with Crippen molar-refractivity contribution in [3.8, 4) is 44.5 Å². The standard InChI is InChI=1S/C42H20B2Br4/c1-17-7-27-31-13-21(47)11-29-25-9-20(46)4-6-34(25)44(41(29)31)36-16-24-18(2)8-28-32-14-22(48)12-30-26-10-19(45)3-5-33(26)43(42(30)32)35-15-23(17)39(37(27)36)40(24)38(28)35/h3-16H,1-2H3. The molecule has 0 radical (unpaired) electrons. The second kappa shape index (κ2) is 8.95. The minimum Gasteiger partial charge on any atom is -0.0652 e. The van der Waals surface area contributed by atoms with Crippen LogP contribution in [-0.2, 0) is 0 Å². The Bertz CT molecular complexity index is 2730. The predicted octanol–water partition coefficient (Wildman–Crippen LogP) is 9.20. The van der Waals surface area contributed by atoms with Crippen molar-refractivity contribution in [2.75, 3.05) is 0 Å². The quantitative estimate of drug-likeness (QED) is 0.105. The number of rotatable bonds is 0. The van der Waals surface area contributed by atoms with Crippen LogP contribution in [0.5, 0.6) is 0 Å². The first kappa shape index (κ1) is 27.6. The van der Waals surface area contributed by atoms with Gasteiger partial charge >= 0.3 is 0 Å². The molecule has 4 heterocycles. The van der Waals surface area contributed by atoms with Gasteiger partial charge in [0, 0.05) is 17.9 Å². The molecule has 8 aromatic rings. The molecule has 0 N–H and O–H groups in total. The number of hydrogen-bond donors (Lipinski definition) is 0. The maximum atomic E-state index is 3.93. The summed E-state index contributed by atoms with van der Waals surface area (Å²) in [6, 6.07) is 33.3. The van der Waals surface area contributed by atoms with Gasteiger partial charge in [0.25, 0.3) is 0 Å². The first-order valence-electron chi connectivity index (χ1n) is 16.3. The minimum atomic E-state index is 0.207. The number of aryl methyl sites for hydroxylation is 2. The van der Waals surface area contributed by atoms with Gasteiger partial charge in [-0.2, -0.15) is 0 Å². The summed E-state index contributed by atoms with van der Waals surface area (Å²) < 4.78 is 4.51. The Kier molecular flexibility index (Phi) is 5.15. The smallest absolute Gasteiger partial charge is 0.0652 e. The highest BCUT2D eigenvalue weighted by Gasteiger charge is 2.44. The zero-order valence-corrected chi connectivity index (χ0v) is 32.1. The van der Waals surface area contributed by atoms with Crippen LogP contribution >= 0.6 is 63.7 Å². The fourth-order valence-electron chi connectivity index (χ4n) is 10.2. The van der Waals surface area contributed by atoms with Crippen molar-refractivity contribution in [1.82, 2.24) is 0 Å². The maximum absolute atomic E-state index is 3.93. The van der Waals surface area contributed by atoms with E-state index in [0.717, 1.165) is 17.9 Å². The van der Waals surface area contributed by atoms with Crippen LogP contribution in [0.15, 0.2) is 103 Å². The number of benzene rings is 8. The molecule has 0 saturated heterocycles. The maximum Gasteiger partial charge on any atom is 0.244 e. The fourth-order valence-corrected chi connectivity index (χ4v) is 11.9. The molecule has 4 aliphatic heterocycles. The highest BCUT2D eigenvalue weighted by atomic mass is 79.9. The van der Waals surface area contributed by atoms with E-state index in [1.807, 2.05) is 0 Å². The third-order valence-corrected chi connectivity index (χ3v) is 13.8. The monoisotopic (exact) mass is 862 g/mol. The van der Waals surface area contributed by atoms with Crippen molar-refractivity contribution < 1.29 is 0 Å². The van der Waals surface area contributed by atoms with Crippen LogP contribution in [-0.4, -0.2) is 13.4 Å². The zero-order valence-electron chi connectivity index (χ0n) is 25.7. The van der Waals surface area contributed by atoms with Gasteiger partial charge in [-0.15, -0.1) is 0 Å². The molecule has 222 valence electrons. The van der Waals surface area contributed by atoms with Crippen molar-refractivity contribution in [2.45, 2.75) is 13.8 Å². The average Bonchev–Trinajstić information content (AvgIpc) is 3.55. The van der Waals surface area contributed by atoms with E-state index in [1.54, 1.807) is 0 Å². The van der Waals surface area contributed by atoms with Gasteiger partial charge in [-0.3, -0.25) is 0 Å². The molecule has 6 heteroatoms. The Morgan fingerprint density at radius 1 is 0.354 bits per heavy atom. The van der Waals surface area contributed by atoms with Gasteiger partial charge in [0.2, 0.25) is 13.4 Å². The van der Waals surface area contributed by atoms with E-state index in [-0.39, 0.29) is 13.4 Å². The summed E-state index contributed by atoms with van der Waals surface area (Å²) >= 11 is 15.4. The molecule has 4 aliphatic rings. The second-order valence-corrected chi connectivity index (χ2v) is 17.8. The zero-order chi connectivity index (χ0) is 32.1. The lowest BCUT2D eigenvalue weighted by atomic mass is 9.34. The van der Waals surface area contributed by atoms with Gasteiger partial charge in [-0.1, -0.05) is 133 Å². The molecular weight excluding hydrogens is 846 g/mol. The van der Waals surface area contributed by atoms with E-state index in [4.69, 9.17) is 0 Å². The molecule has 0 aromatic heterocycles. The number of hydrogen-bond acceptors (Lipinski definition) is 0. The lowest BCUT2D eigenvalue weighted by Crippen LogP contribution is -2.53. The van der Waals surface area contributed by atoms with Crippen molar-refractivity contribution in [3.05, 3.63) is 114 Å². The Labute approximate surface area is 312 Å². The summed E-state index contributed by atoms with van der Waals surface area (Å²) in [4.78, 5) is 0. The van der Waals surface area contributed by atoms with Crippen LogP contribution in [0.2, 0.25) is 0 Å². The highest BCUT2D eigenvalue weighted by molar-refractivity contribution is 9.11. The predicted molar refractivity (Wildman–Crippen MR) is 221 cm³/mol. The average molecular weight is 866 g/mol. The fraction of sp³-hybridized carbons (Fsp3) is 0.0476. The minimum absolute atomic E-state index is 0.207. The van der Waals surface area contributed by atoms with Crippen LogP contribution in [0, 0.1) is 13.8 Å². The number of halogens is 4. The van der Waals surface area contributed by atoms with E-state index >= 15 is 0 Å². The first-order valence-corrected chi connectivity index (χ1v) is 19.5. The Hall–Kier alpha value is -3.15. The van der Waals surface area contributed by atoms with E-state index < -0.39 is 0 Å². The molecule has 12 rings (SSSR count). The third kappa shape index (κ3) is 3.13. The van der Waals surface area contributed by atoms with Gasteiger partial charge in [0.1, 0.15) is 0 Å². The van der Waals surface area contributed by atoms with Crippen LogP contribution in [0.4, 0.5) is 0 Å². The van der Waals surface area contributed by atoms with E-state index in [9.17, 15) is 0 Å². The van der Waals surface area contributed by atoms with Crippen molar-refractivity contribution in [1.29, 1.82) is 0 Å². The molecule has 0 atom stereocenters. The second-order valence-electron chi connectivity index (χ2n) is 14.2. The summed E-state index contributed by atoms with van der Waals surface area (Å²) in [6.07, 6.45) is 0. The van der Waals surface area contributed by atoms with Gasteiger partial charge in [0.05, 0.1) is 0 Å². The topological polar surface area (TPSA) is 0 Å². The normalized spacial score (nSPS) is 14.0. The van der Waals surface area contributed by atoms with Crippen molar-refractivity contribution in [3.63, 3.8) is 0 Å². The summed E-state index contributed by atoms with van der Waals surface area (Å²) in [6.45, 7) is 5.08. The van der Waals surface area contributed by atoms with Gasteiger partial charge in [-0.05, 0) is 150 Å². The molecule has 0 spiro atoms. The summed E-state index contributed by atoms with van der Waals surface area (Å²) in [5, 5.41) is 8.51. The van der Waals surface area contributed by atoms with E-state index in [2.05, 4.69) is 162 Å². The van der Waals surface area contributed by atoms with E-state index in [0.29, 0.717) is 0 Å². The highest BCUT2D eigenvalue weighted by Crippen LogP contribution is 2.48. The molecule has 0 nitrogen and oxygen atoms in total. The molecule has 0 fully saturated rings. The largest absolute Gasteiger partial charge is 0.244 e. The molecular formula is C42H20B2Br4. The van der Waals surface area contributed by atoms with Gasteiger partial charge in [0.15, 0.2) is 0 Å². The van der Waals surface area contributed by atoms with E-state index in [1.165, 1.54) is 121 Å². The van der Waals surface area contributed by atoms with Crippen LogP contribution in [0.25, 0.3) is 76.8 Å². The Balaban J connectivity index is 1.30. The Morgan fingerprint density at radius 2 is 0.729 bits per heavy atom. The molecule has 0 unspecified atom stereocenters.